The van der Waals surface area contributed by atoms with Crippen molar-refractivity contribution in [2.45, 2.75) is 51.5 Å². The standard InChI is InChI=1S/C35H31BrClN7O4/c1-20-18-43-31(19-42(20)34(46)21-6-13-28(36)29(37)14-21)32(44(35(43)47)24-7-9-25(10-8-24)48-26-11-12-26)33(45)39-16-22-4-2-3-5-27(22)30-15-23(38)17-40-41-30/h2-10,13-15,17,20,26H,11-12,16,18-19H2,1H3,(H2,38,41)(H,39,45)/t20-/m1/s1. The Hall–Kier alpha value is -4.94. The summed E-state index contributed by atoms with van der Waals surface area (Å²) in [4.78, 5) is 43.8. The molecule has 0 radical (unpaired) electrons. The Morgan fingerprint density at radius 3 is 2.58 bits per heavy atom. The minimum atomic E-state index is -0.471. The van der Waals surface area contributed by atoms with Gasteiger partial charge < -0.3 is 20.7 Å². The van der Waals surface area contributed by atoms with Crippen LogP contribution < -0.4 is 21.5 Å². The Balaban J connectivity index is 1.26. The molecule has 0 bridgehead atoms. The van der Waals surface area contributed by atoms with Crippen molar-refractivity contribution in [2.24, 2.45) is 0 Å². The van der Waals surface area contributed by atoms with Crippen LogP contribution in [0.25, 0.3) is 16.9 Å². The lowest BCUT2D eigenvalue weighted by Gasteiger charge is -2.34. The summed E-state index contributed by atoms with van der Waals surface area (Å²) in [5.74, 6) is -0.0289. The minimum absolute atomic E-state index is 0.0387. The molecule has 0 spiro atoms. The normalized spacial score (nSPS) is 15.6. The Morgan fingerprint density at radius 1 is 1.08 bits per heavy atom. The quantitative estimate of drug-likeness (QED) is 0.212. The van der Waals surface area contributed by atoms with Gasteiger partial charge in [-0.25, -0.2) is 4.79 Å². The molecule has 1 saturated carbocycles. The third kappa shape index (κ3) is 6.20. The summed E-state index contributed by atoms with van der Waals surface area (Å²) in [7, 11) is 0. The van der Waals surface area contributed by atoms with Gasteiger partial charge in [0, 0.05) is 34.7 Å². The number of benzene rings is 3. The van der Waals surface area contributed by atoms with Gasteiger partial charge in [0.2, 0.25) is 0 Å². The highest BCUT2D eigenvalue weighted by Crippen LogP contribution is 2.30. The van der Waals surface area contributed by atoms with Gasteiger partial charge in [0.05, 0.1) is 46.6 Å². The van der Waals surface area contributed by atoms with Gasteiger partial charge in [-0.3, -0.25) is 18.7 Å². The van der Waals surface area contributed by atoms with Crippen LogP contribution in [0.5, 0.6) is 5.75 Å². The summed E-state index contributed by atoms with van der Waals surface area (Å²) < 4.78 is 9.59. The first-order chi connectivity index (χ1) is 23.2. The van der Waals surface area contributed by atoms with E-state index in [9.17, 15) is 14.4 Å². The van der Waals surface area contributed by atoms with E-state index >= 15 is 0 Å². The van der Waals surface area contributed by atoms with Crippen molar-refractivity contribution >= 4 is 45.0 Å². The number of nitrogen functional groups attached to an aromatic ring is 1. The molecule has 0 saturated heterocycles. The van der Waals surface area contributed by atoms with Crippen molar-refractivity contribution in [1.29, 1.82) is 0 Å². The van der Waals surface area contributed by atoms with Gasteiger partial charge in [-0.15, -0.1) is 0 Å². The van der Waals surface area contributed by atoms with E-state index in [0.29, 0.717) is 43.6 Å². The maximum atomic E-state index is 14.2. The maximum absolute atomic E-state index is 14.2. The van der Waals surface area contributed by atoms with Gasteiger partial charge >= 0.3 is 5.69 Å². The number of ether oxygens (including phenoxy) is 1. The second kappa shape index (κ2) is 12.9. The number of imidazole rings is 1. The zero-order valence-corrected chi connectivity index (χ0v) is 28.2. The molecule has 13 heteroatoms. The fourth-order valence-corrected chi connectivity index (χ4v) is 6.33. The number of fused-ring (bicyclic) bond motifs is 1. The van der Waals surface area contributed by atoms with E-state index in [1.807, 2.05) is 31.2 Å². The van der Waals surface area contributed by atoms with Crippen molar-refractivity contribution in [3.63, 3.8) is 0 Å². The second-order valence-electron chi connectivity index (χ2n) is 12.0. The van der Waals surface area contributed by atoms with Gasteiger partial charge in [-0.05, 0) is 89.8 Å². The van der Waals surface area contributed by atoms with E-state index in [0.717, 1.165) is 24.0 Å². The summed E-state index contributed by atoms with van der Waals surface area (Å²) in [6.07, 6.45) is 3.72. The zero-order chi connectivity index (χ0) is 33.5. The van der Waals surface area contributed by atoms with E-state index < -0.39 is 5.91 Å². The van der Waals surface area contributed by atoms with E-state index in [1.54, 1.807) is 58.0 Å². The van der Waals surface area contributed by atoms with Crippen LogP contribution in [-0.2, 0) is 19.6 Å². The number of rotatable bonds is 8. The van der Waals surface area contributed by atoms with Crippen LogP contribution >= 0.6 is 27.5 Å². The molecule has 11 nitrogen and oxygen atoms in total. The van der Waals surface area contributed by atoms with E-state index in [-0.39, 0.29) is 49.1 Å². The Kier molecular flexibility index (Phi) is 8.52. The van der Waals surface area contributed by atoms with Crippen molar-refractivity contribution < 1.29 is 14.3 Å². The SMILES string of the molecule is C[C@@H]1Cn2c(c(C(=O)NCc3ccccc3-c3cc(N)cnn3)n(-c3ccc(OC4CC4)cc3)c2=O)CN1C(=O)c1ccc(Br)c(Cl)c1. The number of nitrogens with zero attached hydrogens (tertiary/aromatic N) is 5. The molecule has 2 amide bonds. The van der Waals surface area contributed by atoms with Crippen molar-refractivity contribution in [3.8, 4) is 22.7 Å². The number of nitrogens with one attached hydrogen (secondary N) is 1. The highest BCUT2D eigenvalue weighted by Gasteiger charge is 2.35. The number of halogens is 2. The van der Waals surface area contributed by atoms with Gasteiger partial charge in [0.25, 0.3) is 11.8 Å². The molecule has 1 atom stereocenters. The van der Waals surface area contributed by atoms with Crippen LogP contribution in [0.2, 0.25) is 5.02 Å². The molecular weight excluding hydrogens is 698 g/mol. The second-order valence-corrected chi connectivity index (χ2v) is 13.2. The average Bonchev–Trinajstić information content (AvgIpc) is 3.86. The first-order valence-electron chi connectivity index (χ1n) is 15.5. The Morgan fingerprint density at radius 2 is 1.85 bits per heavy atom. The lowest BCUT2D eigenvalue weighted by molar-refractivity contribution is 0.0610. The molecule has 48 heavy (non-hydrogen) atoms. The molecule has 3 heterocycles. The molecule has 0 unspecified atom stereocenters. The number of amides is 2. The Labute approximate surface area is 289 Å². The van der Waals surface area contributed by atoms with Gasteiger partial charge in [-0.1, -0.05) is 35.9 Å². The van der Waals surface area contributed by atoms with Crippen LogP contribution in [0.4, 0.5) is 5.69 Å². The zero-order valence-electron chi connectivity index (χ0n) is 25.9. The number of nitrogens with two attached hydrogens (primary N) is 1. The summed E-state index contributed by atoms with van der Waals surface area (Å²) in [6.45, 7) is 2.26. The fraction of sp³-hybridized carbons (Fsp3) is 0.229. The van der Waals surface area contributed by atoms with E-state index in [1.165, 1.54) is 10.8 Å². The fourth-order valence-electron chi connectivity index (χ4n) is 5.91. The Bertz CT molecular complexity index is 2110. The molecule has 7 rings (SSSR count). The number of aromatic nitrogens is 4. The average molecular weight is 729 g/mol. The molecular formula is C35H31BrClN7O4. The predicted octanol–water partition coefficient (Wildman–Crippen LogP) is 5.61. The van der Waals surface area contributed by atoms with Gasteiger partial charge in [0.1, 0.15) is 11.4 Å². The summed E-state index contributed by atoms with van der Waals surface area (Å²) >= 11 is 9.69. The molecule has 1 fully saturated rings. The topological polar surface area (TPSA) is 137 Å². The maximum Gasteiger partial charge on any atom is 0.333 e. The third-order valence-corrected chi connectivity index (χ3v) is 9.75. The van der Waals surface area contributed by atoms with Crippen molar-refractivity contribution in [3.05, 3.63) is 121 Å². The minimum Gasteiger partial charge on any atom is -0.490 e. The van der Waals surface area contributed by atoms with Crippen LogP contribution in [0.1, 0.15) is 51.9 Å². The first kappa shape index (κ1) is 31.6. The van der Waals surface area contributed by atoms with Crippen LogP contribution in [0.15, 0.2) is 88.3 Å². The number of anilines is 1. The summed E-state index contributed by atoms with van der Waals surface area (Å²) in [5, 5.41) is 11.6. The smallest absolute Gasteiger partial charge is 0.333 e. The highest BCUT2D eigenvalue weighted by atomic mass is 79.9. The molecule has 1 aliphatic heterocycles. The third-order valence-electron chi connectivity index (χ3n) is 8.52. The molecule has 1 aliphatic carbocycles. The molecule has 5 aromatic rings. The summed E-state index contributed by atoms with van der Waals surface area (Å²) in [6, 6.07) is 21.0. The van der Waals surface area contributed by atoms with Gasteiger partial charge in [-0.2, -0.15) is 10.2 Å². The lowest BCUT2D eigenvalue weighted by Crippen LogP contribution is -2.47. The van der Waals surface area contributed by atoms with Crippen LogP contribution in [0, 0.1) is 0 Å². The monoisotopic (exact) mass is 727 g/mol. The number of carbonyl (C=O) groups excluding carboxylic acids is 2. The van der Waals surface area contributed by atoms with E-state index in [4.69, 9.17) is 22.1 Å². The number of hydrogen-bond acceptors (Lipinski definition) is 7. The molecule has 2 aliphatic rings. The highest BCUT2D eigenvalue weighted by molar-refractivity contribution is 9.10. The number of hydrogen-bond donors (Lipinski definition) is 2. The molecule has 3 aromatic carbocycles. The predicted molar refractivity (Wildman–Crippen MR) is 185 cm³/mol. The summed E-state index contributed by atoms with van der Waals surface area (Å²) in [5.41, 5.74) is 9.68. The molecule has 3 N–H and O–H groups in total. The first-order valence-corrected chi connectivity index (χ1v) is 16.7. The van der Waals surface area contributed by atoms with E-state index in [2.05, 4.69) is 31.4 Å². The van der Waals surface area contributed by atoms with Gasteiger partial charge in [0.15, 0.2) is 0 Å². The largest absolute Gasteiger partial charge is 0.490 e. The van der Waals surface area contributed by atoms with Crippen molar-refractivity contribution in [2.75, 3.05) is 5.73 Å². The van der Waals surface area contributed by atoms with Crippen molar-refractivity contribution in [1.82, 2.24) is 29.5 Å². The lowest BCUT2D eigenvalue weighted by atomic mass is 10.0. The molecule has 2 aromatic heterocycles. The van der Waals surface area contributed by atoms with Crippen LogP contribution in [0.3, 0.4) is 0 Å². The molecule has 244 valence electrons. The number of carbonyl (C=O) groups is 2. The van der Waals surface area contributed by atoms with Crippen LogP contribution in [-0.4, -0.2) is 48.2 Å².